The van der Waals surface area contributed by atoms with E-state index in [0.717, 1.165) is 0 Å². The standard InChI is InChI=1S/C52H85N11O16S2/c1-8-29(5)41(63-51(76)42(30(6)9-2)62-49(74)38(26-64)60-45(70)32(54)27-81-80-22-21-79-7)50(75)59-37(25-39(55)65)48(73)58-36(24-31-15-11-10-12-16-31)47(72)57-34(18-19-40(66)67)46(71)56-33(17-13-14-20-53)43(68)44(69)35(23-28(3)4)61-52(77)78/h10-12,15-16,28-30,32-38,41-42,61,64H,8-9,13-14,17-27,53-54H2,1-7H3,(H2,55,65)(H,56,71)(H,57,72)(H,58,73)(H,59,75)(H,60,70)(H,62,74)(H,63,76)(H,66,67)(H,77,78)/t29-,30-,32?,33-,34?,35-,36-,37?,38-,41-,42-/m0/s1. The molecule has 1 aromatic carbocycles. The summed E-state index contributed by atoms with van der Waals surface area (Å²) in [5.74, 6) is -12.3. The predicted octanol–water partition coefficient (Wildman–Crippen LogP) is -1.25. The van der Waals surface area contributed by atoms with Gasteiger partial charge in [-0.3, -0.25) is 52.7 Å². The maximum Gasteiger partial charge on any atom is 0.405 e. The van der Waals surface area contributed by atoms with Gasteiger partial charge in [-0.2, -0.15) is 0 Å². The van der Waals surface area contributed by atoms with Crippen molar-refractivity contribution in [3.05, 3.63) is 35.9 Å². The van der Waals surface area contributed by atoms with Gasteiger partial charge in [0.1, 0.15) is 36.3 Å². The van der Waals surface area contributed by atoms with Gasteiger partial charge < -0.3 is 79.8 Å². The van der Waals surface area contributed by atoms with Crippen molar-refractivity contribution in [3.63, 3.8) is 0 Å². The molecule has 0 aliphatic carbocycles. The fourth-order valence-corrected chi connectivity index (χ4v) is 9.82. The van der Waals surface area contributed by atoms with Crippen LogP contribution in [-0.2, 0) is 63.9 Å². The first-order valence-corrected chi connectivity index (χ1v) is 29.3. The van der Waals surface area contributed by atoms with Gasteiger partial charge in [-0.1, -0.05) is 106 Å². The fourth-order valence-electron chi connectivity index (χ4n) is 7.79. The number of amides is 9. The van der Waals surface area contributed by atoms with Gasteiger partial charge in [-0.05, 0) is 62.0 Å². The average molecular weight is 1180 g/mol. The number of unbranched alkanes of at least 4 members (excludes halogenated alkanes) is 1. The SMILES string of the molecule is CC[C@H](C)[C@H](NC(=O)[C@H](CO)NC(=O)C(N)CSSCCOC)C(=O)N[C@H](C(=O)NC(CC(N)=O)C(=O)N[C@@H](Cc1ccccc1)C(=O)NC(CCC(=O)O)C(=O)N[C@@H](CCCCN)C(=O)C(=O)[C@H](CC(C)C)NC(=O)O)[C@@H](C)CC. The van der Waals surface area contributed by atoms with Gasteiger partial charge in [0.05, 0.1) is 37.8 Å². The lowest BCUT2D eigenvalue weighted by Gasteiger charge is -2.31. The molecule has 0 fully saturated rings. The summed E-state index contributed by atoms with van der Waals surface area (Å²) in [4.78, 5) is 161. The zero-order valence-corrected chi connectivity index (χ0v) is 48.8. The van der Waals surface area contributed by atoms with Gasteiger partial charge in [0.25, 0.3) is 0 Å². The second kappa shape index (κ2) is 39.1. The minimum Gasteiger partial charge on any atom is -0.481 e. The van der Waals surface area contributed by atoms with Crippen LogP contribution >= 0.6 is 21.6 Å². The van der Waals surface area contributed by atoms with E-state index in [2.05, 4.69) is 37.2 Å². The number of carboxylic acid groups (broad SMARTS) is 2. The number of methoxy groups -OCH3 is 1. The third-order valence-electron chi connectivity index (χ3n) is 12.8. The van der Waals surface area contributed by atoms with E-state index in [1.807, 2.05) is 5.32 Å². The maximum absolute atomic E-state index is 14.4. The van der Waals surface area contributed by atoms with E-state index in [1.165, 1.54) is 21.6 Å². The largest absolute Gasteiger partial charge is 0.481 e. The van der Waals surface area contributed by atoms with E-state index in [4.69, 9.17) is 21.9 Å². The van der Waals surface area contributed by atoms with E-state index in [-0.39, 0.29) is 50.3 Å². The van der Waals surface area contributed by atoms with Crippen LogP contribution in [0.15, 0.2) is 30.3 Å². The van der Waals surface area contributed by atoms with Crippen LogP contribution < -0.4 is 59.7 Å². The molecule has 456 valence electrons. The zero-order valence-electron chi connectivity index (χ0n) is 47.1. The highest BCUT2D eigenvalue weighted by Gasteiger charge is 2.39. The molecule has 0 aromatic heterocycles. The second-order valence-corrected chi connectivity index (χ2v) is 22.5. The van der Waals surface area contributed by atoms with E-state index in [9.17, 15) is 72.9 Å². The van der Waals surface area contributed by atoms with Crippen LogP contribution in [0.1, 0.15) is 105 Å². The number of ketones is 2. The molecule has 0 spiro atoms. The molecule has 1 rings (SSSR count). The van der Waals surface area contributed by atoms with Crippen molar-refractivity contribution in [2.24, 2.45) is 35.0 Å². The molecule has 0 aliphatic rings. The van der Waals surface area contributed by atoms with Crippen molar-refractivity contribution >= 4 is 92.5 Å². The van der Waals surface area contributed by atoms with E-state index >= 15 is 0 Å². The number of hydrogen-bond donors (Lipinski definition) is 14. The molecule has 1 aromatic rings. The molecule has 17 N–H and O–H groups in total. The van der Waals surface area contributed by atoms with Gasteiger partial charge in [0.15, 0.2) is 0 Å². The highest BCUT2D eigenvalue weighted by molar-refractivity contribution is 8.76. The third-order valence-corrected chi connectivity index (χ3v) is 15.2. The fraction of sp³-hybridized carbons (Fsp3) is 0.654. The molecular weight excluding hydrogens is 1100 g/mol. The number of rotatable bonds is 42. The number of Topliss-reactive ketones (excluding diaryl/α,β-unsaturated/α-hetero) is 2. The molecule has 3 unspecified atom stereocenters. The number of carboxylic acids is 1. The maximum atomic E-state index is 14.4. The minimum atomic E-state index is -1.81. The number of ether oxygens (including phenoxy) is 1. The molecule has 0 saturated carbocycles. The van der Waals surface area contributed by atoms with Crippen LogP contribution in [-0.4, -0.2) is 179 Å². The van der Waals surface area contributed by atoms with Crippen molar-refractivity contribution in [2.75, 3.05) is 38.4 Å². The molecule has 11 atom stereocenters. The summed E-state index contributed by atoms with van der Waals surface area (Å²) < 4.78 is 4.99. The summed E-state index contributed by atoms with van der Waals surface area (Å²) in [6.07, 6.45) is -3.03. The first-order chi connectivity index (χ1) is 38.2. The molecule has 81 heavy (non-hydrogen) atoms. The van der Waals surface area contributed by atoms with Gasteiger partial charge in [0, 0.05) is 31.5 Å². The van der Waals surface area contributed by atoms with Crippen molar-refractivity contribution < 1.29 is 77.6 Å². The van der Waals surface area contributed by atoms with Gasteiger partial charge in [0.2, 0.25) is 58.8 Å². The number of primary amides is 1. The topological polar surface area (TPSA) is 449 Å². The van der Waals surface area contributed by atoms with E-state index in [0.29, 0.717) is 30.8 Å². The quantitative estimate of drug-likeness (QED) is 0.0207. The molecule has 9 amide bonds. The van der Waals surface area contributed by atoms with Gasteiger partial charge in [-0.25, -0.2) is 4.79 Å². The number of nitrogens with one attached hydrogen (secondary N) is 8. The summed E-state index contributed by atoms with van der Waals surface area (Å²) >= 11 is 0. The van der Waals surface area contributed by atoms with Gasteiger partial charge in [-0.15, -0.1) is 0 Å². The number of aliphatic hydroxyl groups excluding tert-OH is 1. The van der Waals surface area contributed by atoms with Crippen molar-refractivity contribution in [3.8, 4) is 0 Å². The monoisotopic (exact) mass is 1180 g/mol. The van der Waals surface area contributed by atoms with Crippen LogP contribution in [0.2, 0.25) is 0 Å². The molecule has 29 heteroatoms. The summed E-state index contributed by atoms with van der Waals surface area (Å²) in [7, 11) is 4.29. The number of benzene rings is 1. The highest BCUT2D eigenvalue weighted by Crippen LogP contribution is 2.21. The Balaban J connectivity index is 3.60. The van der Waals surface area contributed by atoms with Crippen molar-refractivity contribution in [1.82, 2.24) is 42.5 Å². The van der Waals surface area contributed by atoms with Crippen LogP contribution in [0, 0.1) is 17.8 Å². The lowest BCUT2D eigenvalue weighted by molar-refractivity contribution is -0.141. The normalized spacial score (nSPS) is 15.2. The Morgan fingerprint density at radius 1 is 0.605 bits per heavy atom. The lowest BCUT2D eigenvalue weighted by atomic mass is 9.93. The van der Waals surface area contributed by atoms with E-state index < -0.39 is 163 Å². The minimum absolute atomic E-state index is 0.0603. The number of carbonyl (C=O) groups is 12. The summed E-state index contributed by atoms with van der Waals surface area (Å²) in [5.41, 5.74) is 17.7. The van der Waals surface area contributed by atoms with Crippen molar-refractivity contribution in [1.29, 1.82) is 0 Å². The highest BCUT2D eigenvalue weighted by atomic mass is 33.1. The Hall–Kier alpha value is -6.40. The Labute approximate surface area is 480 Å². The summed E-state index contributed by atoms with van der Waals surface area (Å²) in [6.45, 7) is 9.87. The molecule has 27 nitrogen and oxygen atoms in total. The first-order valence-electron chi connectivity index (χ1n) is 26.8. The van der Waals surface area contributed by atoms with E-state index in [1.54, 1.807) is 79.0 Å². The Bertz CT molecular complexity index is 2250. The third kappa shape index (κ3) is 27.8. The second-order valence-electron chi connectivity index (χ2n) is 19.9. The smallest absolute Gasteiger partial charge is 0.405 e. The van der Waals surface area contributed by atoms with Crippen LogP contribution in [0.3, 0.4) is 0 Å². The Kier molecular flexibility index (Phi) is 35.1. The number of aliphatic hydroxyl groups is 1. The van der Waals surface area contributed by atoms with Crippen LogP contribution in [0.4, 0.5) is 4.79 Å². The predicted molar refractivity (Wildman–Crippen MR) is 302 cm³/mol. The number of aliphatic carboxylic acids is 1. The Morgan fingerprint density at radius 3 is 1.64 bits per heavy atom. The molecule has 0 radical (unpaired) electrons. The number of nitrogens with two attached hydrogens (primary N) is 3. The molecule has 0 aliphatic heterocycles. The molecular formula is C52H85N11O16S2. The Morgan fingerprint density at radius 2 is 1.11 bits per heavy atom. The average Bonchev–Trinajstić information content (AvgIpc) is 3.42. The molecule has 0 bridgehead atoms. The number of carbonyl (C=O) groups excluding carboxylic acids is 10. The summed E-state index contributed by atoms with van der Waals surface area (Å²) in [5, 5.41) is 48.6. The van der Waals surface area contributed by atoms with Gasteiger partial charge >= 0.3 is 12.1 Å². The summed E-state index contributed by atoms with van der Waals surface area (Å²) in [6, 6.07) is -5.45. The zero-order chi connectivity index (χ0) is 61.4. The molecule has 0 saturated heterocycles. The van der Waals surface area contributed by atoms with Crippen molar-refractivity contribution in [2.45, 2.75) is 160 Å². The van der Waals surface area contributed by atoms with Crippen LogP contribution in [0.5, 0.6) is 0 Å². The first kappa shape index (κ1) is 72.6. The van der Waals surface area contributed by atoms with Crippen LogP contribution in [0.25, 0.3) is 0 Å². The lowest BCUT2D eigenvalue weighted by Crippen LogP contribution is -2.62. The number of hydrogen-bond acceptors (Lipinski definition) is 18. The molecule has 0 heterocycles.